The first kappa shape index (κ1) is 18.2. The van der Waals surface area contributed by atoms with Crippen molar-refractivity contribution in [2.24, 2.45) is 0 Å². The van der Waals surface area contributed by atoms with Crippen molar-refractivity contribution >= 4 is 35.0 Å². The molecule has 0 radical (unpaired) electrons. The average Bonchev–Trinajstić information content (AvgIpc) is 2.75. The SMILES string of the molecule is O=C(c1ccc(Cl)cc1)N1CCN(c2ccc(Nc3ccccn3)nn2)CC1. The van der Waals surface area contributed by atoms with Gasteiger partial charge in [-0.1, -0.05) is 17.7 Å². The predicted octanol–water partition coefficient (Wildman–Crippen LogP) is 3.23. The number of carbonyl (C=O) groups excluding carboxylic acids is 1. The third-order valence-corrected chi connectivity index (χ3v) is 4.81. The van der Waals surface area contributed by atoms with Crippen molar-refractivity contribution in [2.75, 3.05) is 36.4 Å². The van der Waals surface area contributed by atoms with Gasteiger partial charge in [0, 0.05) is 43.0 Å². The Morgan fingerprint density at radius 2 is 1.68 bits per heavy atom. The molecule has 1 aliphatic heterocycles. The number of nitrogens with zero attached hydrogens (tertiary/aromatic N) is 5. The van der Waals surface area contributed by atoms with E-state index < -0.39 is 0 Å². The maximum absolute atomic E-state index is 12.6. The van der Waals surface area contributed by atoms with E-state index in [1.165, 1.54) is 0 Å². The van der Waals surface area contributed by atoms with Crippen LogP contribution in [0.4, 0.5) is 17.5 Å². The molecule has 0 spiro atoms. The lowest BCUT2D eigenvalue weighted by molar-refractivity contribution is 0.0746. The second kappa shape index (κ2) is 8.22. The van der Waals surface area contributed by atoms with Gasteiger partial charge in [0.1, 0.15) is 5.82 Å². The van der Waals surface area contributed by atoms with E-state index in [-0.39, 0.29) is 5.91 Å². The van der Waals surface area contributed by atoms with Gasteiger partial charge in [-0.25, -0.2) is 4.98 Å². The smallest absolute Gasteiger partial charge is 0.253 e. The highest BCUT2D eigenvalue weighted by Crippen LogP contribution is 2.18. The first-order valence-electron chi connectivity index (χ1n) is 9.00. The molecule has 28 heavy (non-hydrogen) atoms. The van der Waals surface area contributed by atoms with Gasteiger partial charge in [-0.3, -0.25) is 4.79 Å². The number of pyridine rings is 1. The molecule has 1 amide bonds. The molecule has 1 N–H and O–H groups in total. The number of hydrogen-bond acceptors (Lipinski definition) is 6. The second-order valence-corrected chi connectivity index (χ2v) is 6.84. The van der Waals surface area contributed by atoms with Gasteiger partial charge in [-0.2, -0.15) is 0 Å². The molecule has 8 heteroatoms. The molecule has 142 valence electrons. The van der Waals surface area contributed by atoms with Crippen LogP contribution < -0.4 is 10.2 Å². The highest BCUT2D eigenvalue weighted by Gasteiger charge is 2.23. The standard InChI is InChI=1S/C20H19ClN6O/c21-16-6-4-15(5-7-16)20(28)27-13-11-26(12-14-27)19-9-8-18(24-25-19)23-17-3-1-2-10-22-17/h1-10H,11-14H2,(H,22,23,24). The summed E-state index contributed by atoms with van der Waals surface area (Å²) in [4.78, 5) is 20.8. The zero-order chi connectivity index (χ0) is 19.3. The second-order valence-electron chi connectivity index (χ2n) is 6.40. The Kier molecular flexibility index (Phi) is 5.34. The zero-order valence-electron chi connectivity index (χ0n) is 15.1. The summed E-state index contributed by atoms with van der Waals surface area (Å²) in [6.07, 6.45) is 1.72. The lowest BCUT2D eigenvalue weighted by Gasteiger charge is -2.35. The number of carbonyl (C=O) groups is 1. The number of halogens is 1. The molecule has 0 saturated carbocycles. The van der Waals surface area contributed by atoms with Crippen LogP contribution >= 0.6 is 11.6 Å². The van der Waals surface area contributed by atoms with Crippen molar-refractivity contribution in [3.05, 3.63) is 71.4 Å². The molecular formula is C20H19ClN6O. The van der Waals surface area contributed by atoms with Gasteiger partial charge in [0.15, 0.2) is 11.6 Å². The topological polar surface area (TPSA) is 74.2 Å². The summed E-state index contributed by atoms with van der Waals surface area (Å²) in [6, 6.07) is 16.4. The van der Waals surface area contributed by atoms with Gasteiger partial charge in [-0.05, 0) is 48.5 Å². The zero-order valence-corrected chi connectivity index (χ0v) is 15.9. The highest BCUT2D eigenvalue weighted by molar-refractivity contribution is 6.30. The number of nitrogens with one attached hydrogen (secondary N) is 1. The van der Waals surface area contributed by atoms with Crippen molar-refractivity contribution in [3.63, 3.8) is 0 Å². The maximum atomic E-state index is 12.6. The van der Waals surface area contributed by atoms with Gasteiger partial charge in [0.05, 0.1) is 0 Å². The Morgan fingerprint density at radius 1 is 0.893 bits per heavy atom. The number of piperazine rings is 1. The molecule has 3 heterocycles. The number of rotatable bonds is 4. The maximum Gasteiger partial charge on any atom is 0.253 e. The molecular weight excluding hydrogens is 376 g/mol. The molecule has 1 aliphatic rings. The van der Waals surface area contributed by atoms with Crippen LogP contribution in [0, 0.1) is 0 Å². The summed E-state index contributed by atoms with van der Waals surface area (Å²) >= 11 is 5.89. The number of aromatic nitrogens is 3. The monoisotopic (exact) mass is 394 g/mol. The molecule has 1 saturated heterocycles. The van der Waals surface area contributed by atoms with Crippen molar-refractivity contribution in [1.29, 1.82) is 0 Å². The summed E-state index contributed by atoms with van der Waals surface area (Å²) < 4.78 is 0. The molecule has 7 nitrogen and oxygen atoms in total. The third-order valence-electron chi connectivity index (χ3n) is 4.55. The number of anilines is 3. The first-order chi connectivity index (χ1) is 13.7. The lowest BCUT2D eigenvalue weighted by Crippen LogP contribution is -2.49. The summed E-state index contributed by atoms with van der Waals surface area (Å²) in [7, 11) is 0. The molecule has 1 fully saturated rings. The fourth-order valence-corrected chi connectivity index (χ4v) is 3.17. The van der Waals surface area contributed by atoms with E-state index in [1.807, 2.05) is 35.2 Å². The van der Waals surface area contributed by atoms with E-state index in [0.717, 1.165) is 11.6 Å². The Labute approximate surface area is 168 Å². The lowest BCUT2D eigenvalue weighted by atomic mass is 10.2. The molecule has 3 aromatic rings. The molecule has 0 unspecified atom stereocenters. The molecule has 0 aliphatic carbocycles. The van der Waals surface area contributed by atoms with E-state index in [0.29, 0.717) is 42.6 Å². The van der Waals surface area contributed by atoms with Crippen LogP contribution in [0.5, 0.6) is 0 Å². The van der Waals surface area contributed by atoms with Crippen LogP contribution in [-0.2, 0) is 0 Å². The van der Waals surface area contributed by atoms with Crippen molar-refractivity contribution in [3.8, 4) is 0 Å². The van der Waals surface area contributed by atoms with Crippen LogP contribution in [0.3, 0.4) is 0 Å². The summed E-state index contributed by atoms with van der Waals surface area (Å²) in [5, 5.41) is 12.3. The quantitative estimate of drug-likeness (QED) is 0.732. The predicted molar refractivity (Wildman–Crippen MR) is 109 cm³/mol. The molecule has 0 atom stereocenters. The van der Waals surface area contributed by atoms with Gasteiger partial charge in [0.25, 0.3) is 5.91 Å². The molecule has 0 bridgehead atoms. The third kappa shape index (κ3) is 4.20. The highest BCUT2D eigenvalue weighted by atomic mass is 35.5. The number of amides is 1. The van der Waals surface area contributed by atoms with Crippen LogP contribution in [0.1, 0.15) is 10.4 Å². The first-order valence-corrected chi connectivity index (χ1v) is 9.38. The van der Waals surface area contributed by atoms with Gasteiger partial charge in [0.2, 0.25) is 0 Å². The largest absolute Gasteiger partial charge is 0.352 e. The van der Waals surface area contributed by atoms with Crippen LogP contribution in [0.2, 0.25) is 5.02 Å². The Balaban J connectivity index is 1.34. The van der Waals surface area contributed by atoms with E-state index in [1.54, 1.807) is 30.5 Å². The normalized spacial score (nSPS) is 14.0. The average molecular weight is 395 g/mol. The Morgan fingerprint density at radius 3 is 2.32 bits per heavy atom. The summed E-state index contributed by atoms with van der Waals surface area (Å²) in [5.41, 5.74) is 0.655. The van der Waals surface area contributed by atoms with Crippen LogP contribution in [0.15, 0.2) is 60.8 Å². The van der Waals surface area contributed by atoms with Crippen LogP contribution in [0.25, 0.3) is 0 Å². The summed E-state index contributed by atoms with van der Waals surface area (Å²) in [6.45, 7) is 2.69. The minimum absolute atomic E-state index is 0.0253. The van der Waals surface area contributed by atoms with Crippen molar-refractivity contribution in [2.45, 2.75) is 0 Å². The minimum atomic E-state index is 0.0253. The molecule has 1 aromatic carbocycles. The van der Waals surface area contributed by atoms with Gasteiger partial charge >= 0.3 is 0 Å². The fraction of sp³-hybridized carbons (Fsp3) is 0.200. The van der Waals surface area contributed by atoms with Gasteiger partial charge in [-0.15, -0.1) is 10.2 Å². The molecule has 4 rings (SSSR count). The van der Waals surface area contributed by atoms with E-state index in [4.69, 9.17) is 11.6 Å². The van der Waals surface area contributed by atoms with Crippen molar-refractivity contribution in [1.82, 2.24) is 20.1 Å². The minimum Gasteiger partial charge on any atom is -0.352 e. The van der Waals surface area contributed by atoms with Crippen LogP contribution in [-0.4, -0.2) is 52.2 Å². The van der Waals surface area contributed by atoms with E-state index >= 15 is 0 Å². The molecule has 2 aromatic heterocycles. The number of benzene rings is 1. The Hall–Kier alpha value is -3.19. The van der Waals surface area contributed by atoms with E-state index in [9.17, 15) is 4.79 Å². The Bertz CT molecular complexity index is 925. The number of hydrogen-bond donors (Lipinski definition) is 1. The fourth-order valence-electron chi connectivity index (χ4n) is 3.04. The van der Waals surface area contributed by atoms with Gasteiger partial charge < -0.3 is 15.1 Å². The summed E-state index contributed by atoms with van der Waals surface area (Å²) in [5.74, 6) is 2.18. The van der Waals surface area contributed by atoms with Crippen molar-refractivity contribution < 1.29 is 4.79 Å². The van der Waals surface area contributed by atoms with E-state index in [2.05, 4.69) is 25.4 Å².